The molecule has 0 aliphatic heterocycles. The molecule has 0 atom stereocenters. The van der Waals surface area contributed by atoms with Crippen molar-refractivity contribution < 1.29 is 9.90 Å². The molecule has 2 heteroatoms. The van der Waals surface area contributed by atoms with Gasteiger partial charge in [0.05, 0.1) is 0 Å². The van der Waals surface area contributed by atoms with Gasteiger partial charge in [-0.15, -0.1) is 0 Å². The van der Waals surface area contributed by atoms with Crippen LogP contribution >= 0.6 is 0 Å². The average molecular weight is 180 g/mol. The van der Waals surface area contributed by atoms with E-state index in [0.29, 0.717) is 5.57 Å². The van der Waals surface area contributed by atoms with Crippen LogP contribution in [0.25, 0.3) is 0 Å². The maximum Gasteiger partial charge on any atom is 0.330 e. The van der Waals surface area contributed by atoms with Gasteiger partial charge in [0.15, 0.2) is 0 Å². The van der Waals surface area contributed by atoms with Crippen LogP contribution < -0.4 is 0 Å². The summed E-state index contributed by atoms with van der Waals surface area (Å²) < 4.78 is 0. The first kappa shape index (κ1) is 8.79. The molecule has 0 aromatic heterocycles. The Morgan fingerprint density at radius 1 is 1.46 bits per heavy atom. The highest BCUT2D eigenvalue weighted by Crippen LogP contribution is 2.55. The monoisotopic (exact) mass is 180 g/mol. The molecule has 0 amide bonds. The Morgan fingerprint density at radius 2 is 2.08 bits per heavy atom. The summed E-state index contributed by atoms with van der Waals surface area (Å²) in [5.41, 5.74) is 0.801. The van der Waals surface area contributed by atoms with Gasteiger partial charge in [0.1, 0.15) is 0 Å². The number of hydrogen-bond donors (Lipinski definition) is 1. The highest BCUT2D eigenvalue weighted by Gasteiger charge is 2.43. The van der Waals surface area contributed by atoms with Crippen molar-refractivity contribution >= 4 is 5.97 Å². The molecule has 0 spiro atoms. The third kappa shape index (κ3) is 1.50. The lowest BCUT2D eigenvalue weighted by Crippen LogP contribution is -2.12. The van der Waals surface area contributed by atoms with Crippen molar-refractivity contribution in [3.63, 3.8) is 0 Å². The quantitative estimate of drug-likeness (QED) is 0.663. The highest BCUT2D eigenvalue weighted by atomic mass is 16.4. The fourth-order valence-electron chi connectivity index (χ4n) is 2.96. The second kappa shape index (κ2) is 2.86. The second-order valence-corrected chi connectivity index (χ2v) is 4.64. The van der Waals surface area contributed by atoms with Gasteiger partial charge in [0, 0.05) is 5.57 Å². The molecule has 2 rings (SSSR count). The maximum absolute atomic E-state index is 10.7. The van der Waals surface area contributed by atoms with Crippen LogP contribution in [0.3, 0.4) is 0 Å². The van der Waals surface area contributed by atoms with Gasteiger partial charge in [-0.25, -0.2) is 4.79 Å². The standard InChI is InChI=1S/C11H16O2/c1-8(10(12)13)6-11-4-2-9(7-11)3-5-11/h6,9H,2-5,7H2,1H3,(H,12,13). The predicted octanol–water partition coefficient (Wildman–Crippen LogP) is 2.60. The number of aliphatic carboxylic acids is 1. The zero-order valence-corrected chi connectivity index (χ0v) is 8.05. The minimum absolute atomic E-state index is 0.271. The fourth-order valence-corrected chi connectivity index (χ4v) is 2.96. The summed E-state index contributed by atoms with van der Waals surface area (Å²) in [4.78, 5) is 10.7. The van der Waals surface area contributed by atoms with Crippen molar-refractivity contribution in [2.24, 2.45) is 11.3 Å². The predicted molar refractivity (Wildman–Crippen MR) is 50.4 cm³/mol. The van der Waals surface area contributed by atoms with E-state index in [1.165, 1.54) is 32.1 Å². The molecule has 0 aromatic rings. The molecule has 0 unspecified atom stereocenters. The van der Waals surface area contributed by atoms with Crippen LogP contribution in [-0.4, -0.2) is 11.1 Å². The molecular weight excluding hydrogens is 164 g/mol. The first-order valence-electron chi connectivity index (χ1n) is 5.04. The van der Waals surface area contributed by atoms with E-state index in [4.69, 9.17) is 5.11 Å². The van der Waals surface area contributed by atoms with Gasteiger partial charge < -0.3 is 5.11 Å². The molecule has 0 saturated heterocycles. The van der Waals surface area contributed by atoms with E-state index in [9.17, 15) is 4.79 Å². The Labute approximate surface area is 78.6 Å². The van der Waals surface area contributed by atoms with Crippen molar-refractivity contribution in [1.29, 1.82) is 0 Å². The van der Waals surface area contributed by atoms with Crippen molar-refractivity contribution in [3.8, 4) is 0 Å². The smallest absolute Gasteiger partial charge is 0.330 e. The Morgan fingerprint density at radius 3 is 2.46 bits per heavy atom. The molecule has 0 radical (unpaired) electrons. The minimum atomic E-state index is -0.760. The van der Waals surface area contributed by atoms with Crippen molar-refractivity contribution in [1.82, 2.24) is 0 Å². The first-order valence-corrected chi connectivity index (χ1v) is 5.04. The van der Waals surface area contributed by atoms with Crippen LogP contribution in [0, 0.1) is 11.3 Å². The van der Waals surface area contributed by atoms with Crippen molar-refractivity contribution in [2.75, 3.05) is 0 Å². The van der Waals surface area contributed by atoms with E-state index in [1.54, 1.807) is 6.92 Å². The first-order chi connectivity index (χ1) is 6.11. The maximum atomic E-state index is 10.7. The van der Waals surface area contributed by atoms with Gasteiger partial charge in [-0.2, -0.15) is 0 Å². The van der Waals surface area contributed by atoms with E-state index in [-0.39, 0.29) is 5.41 Å². The molecule has 2 aliphatic carbocycles. The summed E-state index contributed by atoms with van der Waals surface area (Å²) in [5.74, 6) is 0.127. The lowest BCUT2D eigenvalue weighted by molar-refractivity contribution is -0.132. The lowest BCUT2D eigenvalue weighted by atomic mass is 9.83. The van der Waals surface area contributed by atoms with Crippen molar-refractivity contribution in [3.05, 3.63) is 11.6 Å². The van der Waals surface area contributed by atoms with Crippen LogP contribution in [0.4, 0.5) is 0 Å². The number of hydrogen-bond acceptors (Lipinski definition) is 1. The molecule has 2 nitrogen and oxygen atoms in total. The van der Waals surface area contributed by atoms with Gasteiger partial charge in [0.25, 0.3) is 0 Å². The molecule has 2 fully saturated rings. The highest BCUT2D eigenvalue weighted by molar-refractivity contribution is 5.85. The van der Waals surface area contributed by atoms with E-state index in [2.05, 4.69) is 0 Å². The van der Waals surface area contributed by atoms with Gasteiger partial charge >= 0.3 is 5.97 Å². The largest absolute Gasteiger partial charge is 0.478 e. The Bertz CT molecular complexity index is 257. The summed E-state index contributed by atoms with van der Waals surface area (Å²) >= 11 is 0. The molecule has 2 aliphatic rings. The molecule has 2 saturated carbocycles. The minimum Gasteiger partial charge on any atom is -0.478 e. The summed E-state index contributed by atoms with van der Waals surface area (Å²) in [5, 5.41) is 8.80. The van der Waals surface area contributed by atoms with E-state index >= 15 is 0 Å². The molecule has 0 aromatic carbocycles. The average Bonchev–Trinajstić information content (AvgIpc) is 2.62. The number of carboxylic acid groups (broad SMARTS) is 1. The molecule has 2 bridgehead atoms. The SMILES string of the molecule is CC(=CC12CCC(CC1)C2)C(=O)O. The van der Waals surface area contributed by atoms with E-state index in [1.807, 2.05) is 6.08 Å². The summed E-state index contributed by atoms with van der Waals surface area (Å²) in [6.45, 7) is 1.71. The molecule has 72 valence electrons. The zero-order chi connectivity index (χ0) is 9.47. The van der Waals surface area contributed by atoms with Gasteiger partial charge in [-0.1, -0.05) is 6.08 Å². The Balaban J connectivity index is 2.17. The number of rotatable bonds is 2. The van der Waals surface area contributed by atoms with Gasteiger partial charge in [-0.3, -0.25) is 0 Å². The number of fused-ring (bicyclic) bond motifs is 2. The number of allylic oxidation sites excluding steroid dienone is 1. The summed E-state index contributed by atoms with van der Waals surface area (Å²) in [6, 6.07) is 0. The fraction of sp³-hybridized carbons (Fsp3) is 0.727. The van der Waals surface area contributed by atoms with Gasteiger partial charge in [0.2, 0.25) is 0 Å². The van der Waals surface area contributed by atoms with Crippen LogP contribution in [-0.2, 0) is 4.79 Å². The number of carboxylic acids is 1. The van der Waals surface area contributed by atoms with Crippen LogP contribution in [0.1, 0.15) is 39.0 Å². The Hall–Kier alpha value is -0.790. The second-order valence-electron chi connectivity index (χ2n) is 4.64. The van der Waals surface area contributed by atoms with E-state index in [0.717, 1.165) is 5.92 Å². The molecule has 13 heavy (non-hydrogen) atoms. The normalized spacial score (nSPS) is 38.2. The van der Waals surface area contributed by atoms with Crippen molar-refractivity contribution in [2.45, 2.75) is 39.0 Å². The van der Waals surface area contributed by atoms with Gasteiger partial charge in [-0.05, 0) is 50.4 Å². The molecular formula is C11H16O2. The van der Waals surface area contributed by atoms with Crippen LogP contribution in [0.5, 0.6) is 0 Å². The van der Waals surface area contributed by atoms with E-state index < -0.39 is 5.97 Å². The molecule has 0 heterocycles. The molecule has 1 N–H and O–H groups in total. The zero-order valence-electron chi connectivity index (χ0n) is 8.05. The third-order valence-electron chi connectivity index (χ3n) is 3.66. The summed E-state index contributed by atoms with van der Waals surface area (Å²) in [6.07, 6.45) is 8.29. The lowest BCUT2D eigenvalue weighted by Gasteiger charge is -2.22. The summed E-state index contributed by atoms with van der Waals surface area (Å²) in [7, 11) is 0. The van der Waals surface area contributed by atoms with Crippen LogP contribution in [0.2, 0.25) is 0 Å². The Kier molecular flexibility index (Phi) is 1.94. The topological polar surface area (TPSA) is 37.3 Å². The number of carbonyl (C=O) groups is 1. The van der Waals surface area contributed by atoms with Crippen LogP contribution in [0.15, 0.2) is 11.6 Å². The third-order valence-corrected chi connectivity index (χ3v) is 3.66.